The van der Waals surface area contributed by atoms with Gasteiger partial charge >= 0.3 is 12.0 Å². The van der Waals surface area contributed by atoms with E-state index in [-0.39, 0.29) is 6.03 Å². The summed E-state index contributed by atoms with van der Waals surface area (Å²) >= 11 is 4.91. The van der Waals surface area contributed by atoms with Gasteiger partial charge in [-0.3, -0.25) is 4.79 Å². The highest BCUT2D eigenvalue weighted by Gasteiger charge is 2.20. The summed E-state index contributed by atoms with van der Waals surface area (Å²) in [6, 6.07) is 1.12. The third-order valence-corrected chi connectivity index (χ3v) is 4.53. The molecule has 0 spiro atoms. The molecule has 1 aromatic rings. The Morgan fingerprint density at radius 1 is 1.50 bits per heavy atom. The summed E-state index contributed by atoms with van der Waals surface area (Å²) in [5.74, 6) is -1.55. The number of carbonyl (C=O) groups is 2. The molecule has 0 aliphatic rings. The summed E-state index contributed by atoms with van der Waals surface area (Å²) in [6.07, 6.45) is 0. The topological polar surface area (TPSA) is 78.4 Å². The van der Waals surface area contributed by atoms with E-state index in [0.717, 1.165) is 9.35 Å². The van der Waals surface area contributed by atoms with Crippen LogP contribution in [-0.4, -0.2) is 23.1 Å². The van der Waals surface area contributed by atoms with Gasteiger partial charge in [0.05, 0.1) is 12.5 Å². The van der Waals surface area contributed by atoms with Crippen LogP contribution in [0.5, 0.6) is 0 Å². The molecule has 18 heavy (non-hydrogen) atoms. The van der Waals surface area contributed by atoms with Crippen molar-refractivity contribution in [3.8, 4) is 0 Å². The fourth-order valence-corrected chi connectivity index (χ4v) is 2.64. The highest BCUT2D eigenvalue weighted by atomic mass is 79.9. The first-order valence-corrected chi connectivity index (χ1v) is 7.08. The lowest BCUT2D eigenvalue weighted by atomic mass is 10.0. The third kappa shape index (κ3) is 4.30. The van der Waals surface area contributed by atoms with Gasteiger partial charge in [0.15, 0.2) is 0 Å². The van der Waals surface area contributed by atoms with E-state index in [0.29, 0.717) is 6.54 Å². The van der Waals surface area contributed by atoms with Crippen LogP contribution >= 0.6 is 27.3 Å². The van der Waals surface area contributed by atoms with E-state index < -0.39 is 17.9 Å². The quantitative estimate of drug-likeness (QED) is 0.773. The first kappa shape index (κ1) is 15.0. The summed E-state index contributed by atoms with van der Waals surface area (Å²) in [4.78, 5) is 23.3. The van der Waals surface area contributed by atoms with Crippen LogP contribution in [0.15, 0.2) is 15.9 Å². The Morgan fingerprint density at radius 3 is 2.67 bits per heavy atom. The Kier molecular flexibility index (Phi) is 5.61. The van der Waals surface area contributed by atoms with Crippen molar-refractivity contribution in [2.75, 3.05) is 0 Å². The average molecular weight is 335 g/mol. The summed E-state index contributed by atoms with van der Waals surface area (Å²) in [6.45, 7) is 3.64. The normalized spacial score (nSPS) is 13.7. The predicted octanol–water partition coefficient (Wildman–Crippen LogP) is 2.42. The Balaban J connectivity index is 2.38. The van der Waals surface area contributed by atoms with E-state index in [4.69, 9.17) is 5.11 Å². The van der Waals surface area contributed by atoms with E-state index in [1.807, 2.05) is 11.4 Å². The maximum absolute atomic E-state index is 11.6. The molecule has 2 unspecified atom stereocenters. The number of amides is 2. The number of urea groups is 1. The van der Waals surface area contributed by atoms with Gasteiger partial charge in [-0.1, -0.05) is 0 Å². The number of hydrogen-bond acceptors (Lipinski definition) is 3. The minimum absolute atomic E-state index is 0.365. The second-order valence-electron chi connectivity index (χ2n) is 3.93. The first-order chi connectivity index (χ1) is 8.41. The summed E-state index contributed by atoms with van der Waals surface area (Å²) < 4.78 is 0.958. The molecular weight excluding hydrogens is 320 g/mol. The molecule has 2 atom stereocenters. The second-order valence-corrected chi connectivity index (χ2v) is 5.79. The molecule has 3 N–H and O–H groups in total. The smallest absolute Gasteiger partial charge is 0.315 e. The molecule has 0 bridgehead atoms. The number of carboxylic acid groups (broad SMARTS) is 1. The van der Waals surface area contributed by atoms with Gasteiger partial charge in [0.1, 0.15) is 0 Å². The highest BCUT2D eigenvalue weighted by Crippen LogP contribution is 2.22. The number of carboxylic acids is 1. The minimum Gasteiger partial charge on any atom is -0.481 e. The van der Waals surface area contributed by atoms with Gasteiger partial charge in [-0.05, 0) is 41.2 Å². The van der Waals surface area contributed by atoms with Gasteiger partial charge < -0.3 is 15.7 Å². The Bertz CT molecular complexity index is 436. The first-order valence-electron chi connectivity index (χ1n) is 5.41. The molecule has 0 aromatic carbocycles. The molecule has 1 heterocycles. The van der Waals surface area contributed by atoms with Crippen LogP contribution in [0.3, 0.4) is 0 Å². The average Bonchev–Trinajstić information content (AvgIpc) is 2.71. The van der Waals surface area contributed by atoms with E-state index in [1.54, 1.807) is 13.8 Å². The highest BCUT2D eigenvalue weighted by molar-refractivity contribution is 9.10. The minimum atomic E-state index is -0.927. The zero-order valence-electron chi connectivity index (χ0n) is 10.1. The molecule has 7 heteroatoms. The number of thiophene rings is 1. The van der Waals surface area contributed by atoms with Gasteiger partial charge in [-0.2, -0.15) is 0 Å². The number of rotatable bonds is 5. The zero-order chi connectivity index (χ0) is 13.7. The van der Waals surface area contributed by atoms with Crippen molar-refractivity contribution >= 4 is 39.3 Å². The van der Waals surface area contributed by atoms with Crippen molar-refractivity contribution in [3.05, 3.63) is 20.8 Å². The van der Waals surface area contributed by atoms with Crippen molar-refractivity contribution in [1.82, 2.24) is 10.6 Å². The van der Waals surface area contributed by atoms with Crippen LogP contribution < -0.4 is 10.6 Å². The molecular formula is C11H15BrN2O3S. The van der Waals surface area contributed by atoms with Crippen LogP contribution in [0, 0.1) is 5.92 Å². The fraction of sp³-hybridized carbons (Fsp3) is 0.455. The van der Waals surface area contributed by atoms with Crippen LogP contribution in [0.2, 0.25) is 0 Å². The molecule has 1 rings (SSSR count). The molecule has 0 saturated heterocycles. The molecule has 0 saturated carbocycles. The van der Waals surface area contributed by atoms with Gasteiger partial charge in [0.25, 0.3) is 0 Å². The molecule has 100 valence electrons. The van der Waals surface area contributed by atoms with Crippen LogP contribution in [-0.2, 0) is 11.3 Å². The van der Waals surface area contributed by atoms with Crippen LogP contribution in [0.1, 0.15) is 18.7 Å². The molecule has 0 aliphatic heterocycles. The van der Waals surface area contributed by atoms with Crippen molar-refractivity contribution in [2.24, 2.45) is 5.92 Å². The molecule has 0 fully saturated rings. The Morgan fingerprint density at radius 2 is 2.17 bits per heavy atom. The molecule has 0 aliphatic carbocycles. The largest absolute Gasteiger partial charge is 0.481 e. The molecule has 2 amide bonds. The number of aliphatic carboxylic acids is 1. The maximum Gasteiger partial charge on any atom is 0.315 e. The van der Waals surface area contributed by atoms with Crippen molar-refractivity contribution in [2.45, 2.75) is 26.4 Å². The van der Waals surface area contributed by atoms with Gasteiger partial charge in [-0.25, -0.2) is 4.79 Å². The molecule has 5 nitrogen and oxygen atoms in total. The number of carbonyl (C=O) groups excluding carboxylic acids is 1. The van der Waals surface area contributed by atoms with Crippen LogP contribution in [0.25, 0.3) is 0 Å². The number of nitrogens with one attached hydrogen (secondary N) is 2. The number of halogens is 1. The Hall–Kier alpha value is -1.08. The molecule has 1 aromatic heterocycles. The number of hydrogen-bond donors (Lipinski definition) is 3. The lowest BCUT2D eigenvalue weighted by Gasteiger charge is -2.18. The van der Waals surface area contributed by atoms with Gasteiger partial charge in [0, 0.05) is 15.4 Å². The lowest BCUT2D eigenvalue weighted by molar-refractivity contribution is -0.141. The summed E-state index contributed by atoms with van der Waals surface area (Å²) in [5, 5.41) is 16.0. The van der Waals surface area contributed by atoms with E-state index in [1.165, 1.54) is 11.3 Å². The second kappa shape index (κ2) is 6.75. The van der Waals surface area contributed by atoms with E-state index in [2.05, 4.69) is 26.6 Å². The van der Waals surface area contributed by atoms with Gasteiger partial charge in [-0.15, -0.1) is 11.3 Å². The monoisotopic (exact) mass is 334 g/mol. The lowest BCUT2D eigenvalue weighted by Crippen LogP contribution is -2.44. The van der Waals surface area contributed by atoms with Crippen molar-refractivity contribution in [3.63, 3.8) is 0 Å². The fourth-order valence-electron chi connectivity index (χ4n) is 1.21. The van der Waals surface area contributed by atoms with Crippen molar-refractivity contribution in [1.29, 1.82) is 0 Å². The molecule has 0 radical (unpaired) electrons. The Labute approximate surface area is 118 Å². The standard InChI is InChI=1S/C11H15BrN2O3S/c1-6(10(15)16)7(2)14-11(17)13-5-9-8(12)3-4-18-9/h3-4,6-7H,5H2,1-2H3,(H,15,16)(H2,13,14,17). The zero-order valence-corrected chi connectivity index (χ0v) is 12.5. The van der Waals surface area contributed by atoms with E-state index in [9.17, 15) is 9.59 Å². The van der Waals surface area contributed by atoms with Crippen LogP contribution in [0.4, 0.5) is 4.79 Å². The summed E-state index contributed by atoms with van der Waals surface area (Å²) in [7, 11) is 0. The maximum atomic E-state index is 11.6. The summed E-state index contributed by atoms with van der Waals surface area (Å²) in [5.41, 5.74) is 0. The SMILES string of the molecule is CC(NC(=O)NCc1sccc1Br)C(C)C(=O)O. The predicted molar refractivity (Wildman–Crippen MR) is 73.7 cm³/mol. The van der Waals surface area contributed by atoms with E-state index >= 15 is 0 Å². The third-order valence-electron chi connectivity index (χ3n) is 2.60. The van der Waals surface area contributed by atoms with Crippen molar-refractivity contribution < 1.29 is 14.7 Å². The van der Waals surface area contributed by atoms with Gasteiger partial charge in [0.2, 0.25) is 0 Å².